The Labute approximate surface area is 119 Å². The van der Waals surface area contributed by atoms with Crippen LogP contribution in [0.4, 0.5) is 0 Å². The van der Waals surface area contributed by atoms with Crippen molar-refractivity contribution in [3.63, 3.8) is 0 Å². The lowest BCUT2D eigenvalue weighted by Gasteiger charge is -2.04. The Balaban J connectivity index is 2.39. The van der Waals surface area contributed by atoms with E-state index in [9.17, 15) is 9.59 Å². The summed E-state index contributed by atoms with van der Waals surface area (Å²) in [5, 5.41) is 11.9. The van der Waals surface area contributed by atoms with Gasteiger partial charge in [-0.25, -0.2) is 14.3 Å². The minimum Gasteiger partial charge on any atom is -0.477 e. The Hall–Kier alpha value is -2.89. The smallest absolute Gasteiger partial charge is 0.343 e. The summed E-state index contributed by atoms with van der Waals surface area (Å²) in [5.74, 6) is -1.29. The van der Waals surface area contributed by atoms with Crippen LogP contribution in [0.15, 0.2) is 35.3 Å². The molecule has 0 bridgehead atoms. The fourth-order valence-electron chi connectivity index (χ4n) is 2.45. The van der Waals surface area contributed by atoms with E-state index < -0.39 is 11.5 Å². The van der Waals surface area contributed by atoms with Crippen LogP contribution in [-0.2, 0) is 0 Å². The minimum absolute atomic E-state index is 0.356. The zero-order chi connectivity index (χ0) is 15.1. The summed E-state index contributed by atoms with van der Waals surface area (Å²) in [6.45, 7) is 3.80. The van der Waals surface area contributed by atoms with Gasteiger partial charge in [-0.1, -0.05) is 24.3 Å². The third-order valence-electron chi connectivity index (χ3n) is 3.48. The minimum atomic E-state index is -1.29. The van der Waals surface area contributed by atoms with Gasteiger partial charge in [0.05, 0.1) is 0 Å². The zero-order valence-corrected chi connectivity index (χ0v) is 11.5. The van der Waals surface area contributed by atoms with E-state index in [0.717, 1.165) is 28.6 Å². The van der Waals surface area contributed by atoms with Crippen molar-refractivity contribution in [1.82, 2.24) is 14.6 Å². The van der Waals surface area contributed by atoms with Crippen LogP contribution in [0.1, 0.15) is 21.6 Å². The Morgan fingerprint density at radius 3 is 2.67 bits per heavy atom. The number of aromatic carboxylic acids is 1. The number of fused-ring (bicyclic) bond motifs is 1. The second-order valence-corrected chi connectivity index (χ2v) is 4.87. The van der Waals surface area contributed by atoms with E-state index >= 15 is 0 Å². The number of aryl methyl sites for hydroxylation is 2. The number of benzene rings is 1. The van der Waals surface area contributed by atoms with Crippen molar-refractivity contribution in [2.24, 2.45) is 0 Å². The van der Waals surface area contributed by atoms with Crippen LogP contribution >= 0.6 is 0 Å². The predicted octanol–water partition coefficient (Wildman–Crippen LogP) is 2.00. The number of hydrogen-bond acceptors (Lipinski definition) is 3. The molecule has 3 rings (SSSR count). The first-order valence-electron chi connectivity index (χ1n) is 6.40. The standard InChI is InChI=1S/C15H13N3O3/c1-8-5-3-4-6-10(8)12-9(2)17-18-13(12)16-7-11(14(18)19)15(20)21/h3-7,17H,1-2H3,(H,20,21). The molecule has 0 radical (unpaired) electrons. The van der Waals surface area contributed by atoms with Gasteiger partial charge in [0.15, 0.2) is 5.65 Å². The van der Waals surface area contributed by atoms with E-state index in [1.807, 2.05) is 38.1 Å². The summed E-state index contributed by atoms with van der Waals surface area (Å²) in [7, 11) is 0. The molecule has 6 heteroatoms. The topological polar surface area (TPSA) is 87.5 Å². The SMILES string of the molecule is Cc1ccccc1-c1c(C)[nH]n2c(=O)c(C(=O)O)cnc12. The van der Waals surface area contributed by atoms with Crippen molar-refractivity contribution in [3.05, 3.63) is 57.6 Å². The summed E-state index contributed by atoms with van der Waals surface area (Å²) in [6, 6.07) is 7.77. The number of carbonyl (C=O) groups is 1. The molecule has 0 spiro atoms. The van der Waals surface area contributed by atoms with E-state index in [-0.39, 0.29) is 5.56 Å². The van der Waals surface area contributed by atoms with Gasteiger partial charge in [-0.3, -0.25) is 9.89 Å². The van der Waals surface area contributed by atoms with Crippen molar-refractivity contribution < 1.29 is 9.90 Å². The van der Waals surface area contributed by atoms with Gasteiger partial charge in [0.2, 0.25) is 0 Å². The van der Waals surface area contributed by atoms with Crippen molar-refractivity contribution in [2.75, 3.05) is 0 Å². The fourth-order valence-corrected chi connectivity index (χ4v) is 2.45. The number of aromatic amines is 1. The average molecular weight is 283 g/mol. The van der Waals surface area contributed by atoms with E-state index in [1.54, 1.807) is 0 Å². The Morgan fingerprint density at radius 2 is 2.00 bits per heavy atom. The molecule has 2 N–H and O–H groups in total. The Bertz CT molecular complexity index is 922. The van der Waals surface area contributed by atoms with E-state index in [0.29, 0.717) is 5.65 Å². The van der Waals surface area contributed by atoms with Gasteiger partial charge in [-0.05, 0) is 25.0 Å². The lowest BCUT2D eigenvalue weighted by Crippen LogP contribution is -2.23. The van der Waals surface area contributed by atoms with Crippen LogP contribution in [0.2, 0.25) is 0 Å². The number of nitrogens with zero attached hydrogens (tertiary/aromatic N) is 2. The molecule has 2 heterocycles. The molecule has 0 fully saturated rings. The molecular weight excluding hydrogens is 270 g/mol. The first kappa shape index (κ1) is 13.1. The predicted molar refractivity (Wildman–Crippen MR) is 77.7 cm³/mol. The number of carboxylic acid groups (broad SMARTS) is 1. The molecule has 0 aliphatic rings. The largest absolute Gasteiger partial charge is 0.477 e. The van der Waals surface area contributed by atoms with Gasteiger partial charge in [0, 0.05) is 17.5 Å². The molecule has 0 saturated heterocycles. The number of aromatic nitrogens is 3. The molecule has 0 saturated carbocycles. The van der Waals surface area contributed by atoms with Gasteiger partial charge in [-0.2, -0.15) is 0 Å². The lowest BCUT2D eigenvalue weighted by molar-refractivity contribution is 0.0694. The van der Waals surface area contributed by atoms with Crippen LogP contribution in [0, 0.1) is 13.8 Å². The number of nitrogens with one attached hydrogen (secondary N) is 1. The summed E-state index contributed by atoms with van der Waals surface area (Å²) in [6.07, 6.45) is 1.11. The second kappa shape index (κ2) is 4.59. The Kier molecular flexibility index (Phi) is 2.86. The van der Waals surface area contributed by atoms with Gasteiger partial charge in [-0.15, -0.1) is 0 Å². The molecule has 0 atom stereocenters. The lowest BCUT2D eigenvalue weighted by atomic mass is 10.0. The summed E-state index contributed by atoms with van der Waals surface area (Å²) in [5.41, 5.74) is 3.04. The van der Waals surface area contributed by atoms with Gasteiger partial charge >= 0.3 is 5.97 Å². The highest BCUT2D eigenvalue weighted by Crippen LogP contribution is 2.28. The number of rotatable bonds is 2. The number of carboxylic acids is 1. The third-order valence-corrected chi connectivity index (χ3v) is 3.48. The second-order valence-electron chi connectivity index (χ2n) is 4.87. The van der Waals surface area contributed by atoms with Gasteiger partial charge in [0.1, 0.15) is 5.56 Å². The molecule has 106 valence electrons. The van der Waals surface area contributed by atoms with Crippen molar-refractivity contribution >= 4 is 11.6 Å². The number of hydrogen-bond donors (Lipinski definition) is 2. The van der Waals surface area contributed by atoms with Crippen molar-refractivity contribution in [3.8, 4) is 11.1 Å². The quantitative estimate of drug-likeness (QED) is 0.753. The summed E-state index contributed by atoms with van der Waals surface area (Å²) < 4.78 is 1.18. The maximum Gasteiger partial charge on any atom is 0.343 e. The van der Waals surface area contributed by atoms with Crippen LogP contribution in [-0.4, -0.2) is 25.7 Å². The monoisotopic (exact) mass is 283 g/mol. The molecule has 1 aromatic carbocycles. The molecule has 3 aromatic rings. The molecule has 0 aliphatic carbocycles. The van der Waals surface area contributed by atoms with Crippen LogP contribution in [0.25, 0.3) is 16.8 Å². The molecular formula is C15H13N3O3. The molecule has 21 heavy (non-hydrogen) atoms. The van der Waals surface area contributed by atoms with Crippen LogP contribution in [0.5, 0.6) is 0 Å². The van der Waals surface area contributed by atoms with Crippen molar-refractivity contribution in [1.29, 1.82) is 0 Å². The normalized spacial score (nSPS) is 11.0. The summed E-state index contributed by atoms with van der Waals surface area (Å²) >= 11 is 0. The number of H-pyrrole nitrogens is 1. The van der Waals surface area contributed by atoms with Gasteiger partial charge in [0.25, 0.3) is 5.56 Å². The third kappa shape index (κ3) is 1.92. The Morgan fingerprint density at radius 1 is 1.29 bits per heavy atom. The van der Waals surface area contributed by atoms with Gasteiger partial charge < -0.3 is 5.11 Å². The highest BCUT2D eigenvalue weighted by Gasteiger charge is 2.18. The molecule has 2 aromatic heterocycles. The highest BCUT2D eigenvalue weighted by molar-refractivity contribution is 5.88. The van der Waals surface area contributed by atoms with Crippen LogP contribution < -0.4 is 5.56 Å². The van der Waals surface area contributed by atoms with Crippen LogP contribution in [0.3, 0.4) is 0 Å². The molecule has 0 amide bonds. The first-order chi connectivity index (χ1) is 10.0. The van der Waals surface area contributed by atoms with E-state index in [2.05, 4.69) is 10.1 Å². The maximum absolute atomic E-state index is 12.2. The van der Waals surface area contributed by atoms with Crippen molar-refractivity contribution in [2.45, 2.75) is 13.8 Å². The first-order valence-corrected chi connectivity index (χ1v) is 6.40. The maximum atomic E-state index is 12.2. The van der Waals surface area contributed by atoms with E-state index in [1.165, 1.54) is 4.52 Å². The highest BCUT2D eigenvalue weighted by atomic mass is 16.4. The zero-order valence-electron chi connectivity index (χ0n) is 11.5. The molecule has 6 nitrogen and oxygen atoms in total. The molecule has 0 aliphatic heterocycles. The summed E-state index contributed by atoms with van der Waals surface area (Å²) in [4.78, 5) is 27.3. The van der Waals surface area contributed by atoms with E-state index in [4.69, 9.17) is 5.11 Å². The molecule has 0 unspecified atom stereocenters. The fraction of sp³-hybridized carbons (Fsp3) is 0.133. The average Bonchev–Trinajstić information content (AvgIpc) is 2.77.